The maximum absolute atomic E-state index is 9.58. The number of aliphatic hydroxyl groups excluding tert-OH is 2. The average Bonchev–Trinajstić information content (AvgIpc) is 1.98. The fraction of sp³-hybridized carbons (Fsp3) is 0.833. The summed E-state index contributed by atoms with van der Waals surface area (Å²) in [6.45, 7) is 0.437. The van der Waals surface area contributed by atoms with Gasteiger partial charge in [-0.2, -0.15) is 0 Å². The minimum Gasteiger partial charge on any atom is -0.468 e. The number of hydrogen-bond donors (Lipinski definition) is 2. The van der Waals surface area contributed by atoms with Crippen molar-refractivity contribution < 1.29 is 19.7 Å². The highest BCUT2D eigenvalue weighted by Gasteiger charge is 1.99. The van der Waals surface area contributed by atoms with Crippen molar-refractivity contribution >= 4 is 6.47 Å². The van der Waals surface area contributed by atoms with Crippen LogP contribution < -0.4 is 0 Å². The third-order valence-electron chi connectivity index (χ3n) is 1.08. The third kappa shape index (κ3) is 5.53. The van der Waals surface area contributed by atoms with Gasteiger partial charge >= 0.3 is 0 Å². The Labute approximate surface area is 59.4 Å². The number of aliphatic hydroxyl groups is 2. The predicted molar refractivity (Wildman–Crippen MR) is 34.3 cm³/mol. The molecular weight excluding hydrogens is 136 g/mol. The van der Waals surface area contributed by atoms with Gasteiger partial charge in [-0.1, -0.05) is 0 Å². The Bertz CT molecular complexity index is 83.8. The van der Waals surface area contributed by atoms with Gasteiger partial charge in [-0.25, -0.2) is 0 Å². The van der Waals surface area contributed by atoms with Gasteiger partial charge in [0.2, 0.25) is 0 Å². The van der Waals surface area contributed by atoms with Crippen LogP contribution in [-0.2, 0) is 9.53 Å². The van der Waals surface area contributed by atoms with Gasteiger partial charge in [0.25, 0.3) is 6.47 Å². The van der Waals surface area contributed by atoms with Crippen molar-refractivity contribution in [3.05, 3.63) is 0 Å². The Morgan fingerprint density at radius 2 is 2.30 bits per heavy atom. The van der Waals surface area contributed by atoms with Crippen LogP contribution in [0.5, 0.6) is 0 Å². The molecule has 10 heavy (non-hydrogen) atoms. The summed E-state index contributed by atoms with van der Waals surface area (Å²) in [5.74, 6) is 0. The smallest absolute Gasteiger partial charge is 0.293 e. The van der Waals surface area contributed by atoms with Crippen LogP contribution >= 0.6 is 0 Å². The van der Waals surface area contributed by atoms with E-state index in [0.717, 1.165) is 0 Å². The summed E-state index contributed by atoms with van der Waals surface area (Å²) < 4.78 is 4.36. The molecule has 0 heterocycles. The van der Waals surface area contributed by atoms with Gasteiger partial charge < -0.3 is 14.9 Å². The van der Waals surface area contributed by atoms with E-state index in [4.69, 9.17) is 10.2 Å². The summed E-state index contributed by atoms with van der Waals surface area (Å²) in [6.07, 6.45) is 0.361. The van der Waals surface area contributed by atoms with E-state index in [-0.39, 0.29) is 6.61 Å². The molecule has 0 aliphatic carbocycles. The van der Waals surface area contributed by atoms with Crippen LogP contribution in [0, 0.1) is 0 Å². The second kappa shape index (κ2) is 6.51. The number of rotatable bonds is 6. The maximum Gasteiger partial charge on any atom is 0.293 e. The Morgan fingerprint density at radius 3 is 2.80 bits per heavy atom. The largest absolute Gasteiger partial charge is 0.468 e. The summed E-state index contributed by atoms with van der Waals surface area (Å²) >= 11 is 0. The zero-order valence-electron chi connectivity index (χ0n) is 5.69. The molecule has 0 saturated heterocycles. The lowest BCUT2D eigenvalue weighted by atomic mass is 10.2. The number of carbonyl (C=O) groups excluding carboxylic acids is 1. The van der Waals surface area contributed by atoms with E-state index in [1.807, 2.05) is 0 Å². The summed E-state index contributed by atoms with van der Waals surface area (Å²) in [7, 11) is 0. The van der Waals surface area contributed by atoms with Crippen molar-refractivity contribution in [1.29, 1.82) is 0 Å². The van der Waals surface area contributed by atoms with Crippen LogP contribution in [0.25, 0.3) is 0 Å². The van der Waals surface area contributed by atoms with E-state index >= 15 is 0 Å². The Morgan fingerprint density at radius 1 is 1.60 bits per heavy atom. The fourth-order valence-corrected chi connectivity index (χ4v) is 0.542. The zero-order chi connectivity index (χ0) is 7.82. The van der Waals surface area contributed by atoms with Crippen molar-refractivity contribution in [2.24, 2.45) is 0 Å². The first kappa shape index (κ1) is 9.39. The van der Waals surface area contributed by atoms with E-state index < -0.39 is 6.10 Å². The molecule has 0 aromatic carbocycles. The van der Waals surface area contributed by atoms with E-state index in [9.17, 15) is 4.79 Å². The summed E-state index contributed by atoms with van der Waals surface area (Å²) in [4.78, 5) is 9.58. The highest BCUT2D eigenvalue weighted by molar-refractivity contribution is 5.36. The van der Waals surface area contributed by atoms with Crippen LogP contribution in [0.15, 0.2) is 0 Å². The van der Waals surface area contributed by atoms with Crippen molar-refractivity contribution in [3.8, 4) is 0 Å². The second-order valence-corrected chi connectivity index (χ2v) is 1.95. The summed E-state index contributed by atoms with van der Waals surface area (Å²) in [5, 5.41) is 17.1. The SMILES string of the molecule is O=COCCCC(O)CO. The van der Waals surface area contributed by atoms with Gasteiger partial charge in [0.1, 0.15) is 0 Å². The van der Waals surface area contributed by atoms with Crippen LogP contribution in [0.4, 0.5) is 0 Å². The zero-order valence-corrected chi connectivity index (χ0v) is 5.69. The number of ether oxygens (including phenoxy) is 1. The van der Waals surface area contributed by atoms with Crippen LogP contribution in [-0.4, -0.2) is 36.0 Å². The van der Waals surface area contributed by atoms with E-state index in [1.165, 1.54) is 0 Å². The first-order chi connectivity index (χ1) is 4.81. The lowest BCUT2D eigenvalue weighted by Crippen LogP contribution is -2.12. The molecule has 0 fully saturated rings. The van der Waals surface area contributed by atoms with Crippen molar-refractivity contribution in [2.75, 3.05) is 13.2 Å². The molecule has 4 heteroatoms. The first-order valence-corrected chi connectivity index (χ1v) is 3.15. The van der Waals surface area contributed by atoms with Crippen LogP contribution in [0.2, 0.25) is 0 Å². The number of carbonyl (C=O) groups is 1. The molecule has 0 aromatic heterocycles. The average molecular weight is 148 g/mol. The topological polar surface area (TPSA) is 66.8 Å². The van der Waals surface area contributed by atoms with Gasteiger partial charge in [-0.05, 0) is 12.8 Å². The highest BCUT2D eigenvalue weighted by Crippen LogP contribution is 1.94. The number of hydrogen-bond acceptors (Lipinski definition) is 4. The van der Waals surface area contributed by atoms with Gasteiger partial charge in [-0.15, -0.1) is 0 Å². The van der Waals surface area contributed by atoms with Gasteiger partial charge in [0, 0.05) is 0 Å². The Kier molecular flexibility index (Phi) is 6.11. The van der Waals surface area contributed by atoms with Crippen LogP contribution in [0.3, 0.4) is 0 Å². The first-order valence-electron chi connectivity index (χ1n) is 3.15. The molecule has 0 spiro atoms. The molecule has 0 saturated carbocycles. The third-order valence-corrected chi connectivity index (χ3v) is 1.08. The van der Waals surface area contributed by atoms with E-state index in [0.29, 0.717) is 25.9 Å². The molecule has 0 rings (SSSR count). The molecule has 0 amide bonds. The summed E-state index contributed by atoms with van der Waals surface area (Å²) in [5.41, 5.74) is 0. The lowest BCUT2D eigenvalue weighted by molar-refractivity contribution is -0.128. The normalized spacial score (nSPS) is 12.6. The van der Waals surface area contributed by atoms with Crippen molar-refractivity contribution in [1.82, 2.24) is 0 Å². The standard InChI is InChI=1S/C6H12O4/c7-4-6(9)2-1-3-10-5-8/h5-7,9H,1-4H2. The highest BCUT2D eigenvalue weighted by atomic mass is 16.5. The molecule has 0 radical (unpaired) electrons. The molecule has 0 aromatic rings. The summed E-state index contributed by atoms with van der Waals surface area (Å²) in [6, 6.07) is 0. The lowest BCUT2D eigenvalue weighted by Gasteiger charge is -2.04. The quantitative estimate of drug-likeness (QED) is 0.386. The minimum atomic E-state index is -0.685. The maximum atomic E-state index is 9.58. The van der Waals surface area contributed by atoms with E-state index in [1.54, 1.807) is 0 Å². The van der Waals surface area contributed by atoms with Crippen molar-refractivity contribution in [3.63, 3.8) is 0 Å². The molecule has 60 valence electrons. The Balaban J connectivity index is 2.95. The van der Waals surface area contributed by atoms with Gasteiger partial charge in [-0.3, -0.25) is 4.79 Å². The Hall–Kier alpha value is -0.610. The predicted octanol–water partition coefficient (Wildman–Crippen LogP) is -0.707. The minimum absolute atomic E-state index is 0.235. The molecule has 0 aliphatic heterocycles. The molecule has 4 nitrogen and oxygen atoms in total. The van der Waals surface area contributed by atoms with Gasteiger partial charge in [0.15, 0.2) is 0 Å². The second-order valence-electron chi connectivity index (χ2n) is 1.95. The monoisotopic (exact) mass is 148 g/mol. The molecule has 0 aliphatic rings. The van der Waals surface area contributed by atoms with Crippen LogP contribution in [0.1, 0.15) is 12.8 Å². The fourth-order valence-electron chi connectivity index (χ4n) is 0.542. The molecule has 2 N–H and O–H groups in total. The molecular formula is C6H12O4. The van der Waals surface area contributed by atoms with Gasteiger partial charge in [0.05, 0.1) is 19.3 Å². The molecule has 1 atom stereocenters. The molecule has 1 unspecified atom stereocenters. The van der Waals surface area contributed by atoms with E-state index in [2.05, 4.69) is 4.74 Å². The van der Waals surface area contributed by atoms with Crippen molar-refractivity contribution in [2.45, 2.75) is 18.9 Å². The molecule has 0 bridgehead atoms.